The second kappa shape index (κ2) is 3.40. The predicted octanol–water partition coefficient (Wildman–Crippen LogP) is 2.93. The first kappa shape index (κ1) is 9.46. The van der Waals surface area contributed by atoms with Gasteiger partial charge >= 0.3 is 0 Å². The van der Waals surface area contributed by atoms with Crippen molar-refractivity contribution in [1.29, 1.82) is 0 Å². The quantitative estimate of drug-likeness (QED) is 0.710. The first-order valence-electron chi connectivity index (χ1n) is 3.79. The van der Waals surface area contributed by atoms with E-state index in [1.807, 2.05) is 38.1 Å². The van der Waals surface area contributed by atoms with Crippen LogP contribution in [0.4, 0.5) is 0 Å². The first-order valence-corrected chi connectivity index (χ1v) is 4.58. The van der Waals surface area contributed by atoms with Crippen molar-refractivity contribution in [3.8, 4) is 0 Å². The molecule has 1 rings (SSSR count). The molecule has 2 heteroatoms. The molecule has 0 heterocycles. The average molecular weight is 227 g/mol. The summed E-state index contributed by atoms with van der Waals surface area (Å²) in [5.41, 5.74) is 0.625. The van der Waals surface area contributed by atoms with Gasteiger partial charge in [0.15, 0.2) is 0 Å². The molecule has 0 fully saturated rings. The molecule has 0 amide bonds. The number of hydrogen-bond donors (Lipinski definition) is 0. The number of rotatable bonds is 2. The lowest BCUT2D eigenvalue weighted by Gasteiger charge is -2.18. The van der Waals surface area contributed by atoms with Crippen molar-refractivity contribution in [1.82, 2.24) is 0 Å². The molecule has 1 aromatic carbocycles. The summed E-state index contributed by atoms with van der Waals surface area (Å²) in [7, 11) is 0. The van der Waals surface area contributed by atoms with Gasteiger partial charge in [0.05, 0.1) is 0 Å². The Labute approximate surface area is 80.9 Å². The number of halogens is 1. The Morgan fingerprint density at radius 2 is 1.92 bits per heavy atom. The molecule has 1 nitrogen and oxygen atoms in total. The summed E-state index contributed by atoms with van der Waals surface area (Å²) >= 11 is 3.41. The van der Waals surface area contributed by atoms with E-state index in [4.69, 9.17) is 0 Å². The van der Waals surface area contributed by atoms with Crippen molar-refractivity contribution in [3.05, 3.63) is 34.3 Å². The lowest BCUT2D eigenvalue weighted by atomic mass is 9.86. The highest BCUT2D eigenvalue weighted by molar-refractivity contribution is 9.10. The summed E-state index contributed by atoms with van der Waals surface area (Å²) in [6, 6.07) is 7.78. The lowest BCUT2D eigenvalue weighted by Crippen LogP contribution is -2.19. The standard InChI is InChI=1S/C10H11BrO/c1-10(2,7-12)8-5-3-4-6-9(8)11/h3-7H,1-2H3. The summed E-state index contributed by atoms with van der Waals surface area (Å²) in [5.74, 6) is 0. The minimum absolute atomic E-state index is 0.403. The number of benzene rings is 1. The highest BCUT2D eigenvalue weighted by Gasteiger charge is 2.21. The summed E-state index contributed by atoms with van der Waals surface area (Å²) < 4.78 is 0.988. The molecule has 0 aliphatic heterocycles. The molecule has 0 aromatic heterocycles. The molecular weight excluding hydrogens is 216 g/mol. The Hall–Kier alpha value is -0.630. The van der Waals surface area contributed by atoms with Crippen LogP contribution in [0.1, 0.15) is 19.4 Å². The van der Waals surface area contributed by atoms with E-state index in [0.717, 1.165) is 16.3 Å². The van der Waals surface area contributed by atoms with Gasteiger partial charge in [-0.15, -0.1) is 0 Å². The Morgan fingerprint density at radius 1 is 1.33 bits per heavy atom. The van der Waals surface area contributed by atoms with Gasteiger partial charge in [0.25, 0.3) is 0 Å². The zero-order chi connectivity index (χ0) is 9.19. The van der Waals surface area contributed by atoms with Gasteiger partial charge in [0, 0.05) is 9.89 Å². The molecule has 0 spiro atoms. The Bertz CT molecular complexity index is 292. The van der Waals surface area contributed by atoms with Crippen LogP contribution in [0.15, 0.2) is 28.7 Å². The lowest BCUT2D eigenvalue weighted by molar-refractivity contribution is -0.111. The molecule has 0 atom stereocenters. The zero-order valence-electron chi connectivity index (χ0n) is 7.17. The highest BCUT2D eigenvalue weighted by Crippen LogP contribution is 2.27. The third kappa shape index (κ3) is 1.75. The van der Waals surface area contributed by atoms with Crippen LogP contribution in [0.3, 0.4) is 0 Å². The SMILES string of the molecule is CC(C)(C=O)c1ccccc1Br. The first-order chi connectivity index (χ1) is 5.58. The third-order valence-corrected chi connectivity index (χ3v) is 2.55. The fourth-order valence-electron chi connectivity index (χ4n) is 1.05. The van der Waals surface area contributed by atoms with Gasteiger partial charge in [0.2, 0.25) is 0 Å². The topological polar surface area (TPSA) is 17.1 Å². The maximum Gasteiger partial charge on any atom is 0.130 e. The molecule has 0 aliphatic carbocycles. The molecule has 1 aromatic rings. The summed E-state index contributed by atoms with van der Waals surface area (Å²) in [4.78, 5) is 10.8. The van der Waals surface area contributed by atoms with E-state index in [2.05, 4.69) is 15.9 Å². The van der Waals surface area contributed by atoms with E-state index >= 15 is 0 Å². The maximum atomic E-state index is 10.8. The van der Waals surface area contributed by atoms with E-state index in [1.165, 1.54) is 0 Å². The van der Waals surface area contributed by atoms with Crippen LogP contribution in [0.2, 0.25) is 0 Å². The minimum Gasteiger partial charge on any atom is -0.302 e. The Morgan fingerprint density at radius 3 is 2.42 bits per heavy atom. The Kier molecular flexibility index (Phi) is 2.68. The summed E-state index contributed by atoms with van der Waals surface area (Å²) in [6.45, 7) is 3.81. The van der Waals surface area contributed by atoms with Crippen LogP contribution in [-0.2, 0) is 10.2 Å². The van der Waals surface area contributed by atoms with Crippen molar-refractivity contribution in [2.75, 3.05) is 0 Å². The van der Waals surface area contributed by atoms with Gasteiger partial charge in [-0.25, -0.2) is 0 Å². The fourth-order valence-corrected chi connectivity index (χ4v) is 1.84. The maximum absolute atomic E-state index is 10.8. The van der Waals surface area contributed by atoms with E-state index in [-0.39, 0.29) is 0 Å². The fraction of sp³-hybridized carbons (Fsp3) is 0.300. The number of carbonyl (C=O) groups excluding carboxylic acids is 1. The third-order valence-electron chi connectivity index (χ3n) is 1.86. The van der Waals surface area contributed by atoms with Gasteiger partial charge in [-0.3, -0.25) is 0 Å². The van der Waals surface area contributed by atoms with Crippen LogP contribution in [-0.4, -0.2) is 6.29 Å². The number of hydrogen-bond acceptors (Lipinski definition) is 1. The van der Waals surface area contributed by atoms with Crippen LogP contribution in [0.25, 0.3) is 0 Å². The van der Waals surface area contributed by atoms with Crippen LogP contribution >= 0.6 is 15.9 Å². The van der Waals surface area contributed by atoms with E-state index in [0.29, 0.717) is 0 Å². The Balaban J connectivity index is 3.19. The molecular formula is C10H11BrO. The van der Waals surface area contributed by atoms with E-state index in [9.17, 15) is 4.79 Å². The van der Waals surface area contributed by atoms with Crippen LogP contribution < -0.4 is 0 Å². The molecule has 0 N–H and O–H groups in total. The molecule has 0 bridgehead atoms. The summed E-state index contributed by atoms with van der Waals surface area (Å²) in [6.07, 6.45) is 0.965. The highest BCUT2D eigenvalue weighted by atomic mass is 79.9. The van der Waals surface area contributed by atoms with Crippen LogP contribution in [0.5, 0.6) is 0 Å². The van der Waals surface area contributed by atoms with Gasteiger partial charge in [-0.2, -0.15) is 0 Å². The molecule has 0 unspecified atom stereocenters. The number of carbonyl (C=O) groups is 1. The molecule has 12 heavy (non-hydrogen) atoms. The molecule has 0 saturated heterocycles. The van der Waals surface area contributed by atoms with E-state index in [1.54, 1.807) is 0 Å². The largest absolute Gasteiger partial charge is 0.302 e. The van der Waals surface area contributed by atoms with Crippen molar-refractivity contribution in [2.45, 2.75) is 19.3 Å². The second-order valence-corrected chi connectivity index (χ2v) is 4.17. The second-order valence-electron chi connectivity index (χ2n) is 3.32. The molecule has 0 radical (unpaired) electrons. The van der Waals surface area contributed by atoms with Gasteiger partial charge < -0.3 is 4.79 Å². The van der Waals surface area contributed by atoms with Crippen molar-refractivity contribution in [2.24, 2.45) is 0 Å². The van der Waals surface area contributed by atoms with Gasteiger partial charge in [-0.05, 0) is 25.5 Å². The minimum atomic E-state index is -0.403. The average Bonchev–Trinajstić information content (AvgIpc) is 2.05. The van der Waals surface area contributed by atoms with Gasteiger partial charge in [0.1, 0.15) is 6.29 Å². The predicted molar refractivity (Wildman–Crippen MR) is 53.2 cm³/mol. The molecule has 0 aliphatic rings. The van der Waals surface area contributed by atoms with Crippen molar-refractivity contribution >= 4 is 22.2 Å². The molecule has 64 valence electrons. The zero-order valence-corrected chi connectivity index (χ0v) is 8.76. The monoisotopic (exact) mass is 226 g/mol. The molecule has 0 saturated carbocycles. The summed E-state index contributed by atoms with van der Waals surface area (Å²) in [5, 5.41) is 0. The van der Waals surface area contributed by atoms with Crippen molar-refractivity contribution < 1.29 is 4.79 Å². The smallest absolute Gasteiger partial charge is 0.130 e. The van der Waals surface area contributed by atoms with Gasteiger partial charge in [-0.1, -0.05) is 34.1 Å². The van der Waals surface area contributed by atoms with Crippen LogP contribution in [0, 0.1) is 0 Å². The van der Waals surface area contributed by atoms with Crippen molar-refractivity contribution in [3.63, 3.8) is 0 Å². The number of aldehydes is 1. The normalized spacial score (nSPS) is 11.2. The van der Waals surface area contributed by atoms with E-state index < -0.39 is 5.41 Å².